The van der Waals surface area contributed by atoms with Crippen molar-refractivity contribution in [1.29, 1.82) is 0 Å². The molecule has 2 aromatic carbocycles. The van der Waals surface area contributed by atoms with Crippen molar-refractivity contribution < 1.29 is 46.3 Å². The number of nitrogens with one attached hydrogen (secondary N) is 4. The molecule has 10 nitrogen and oxygen atoms in total. The maximum atomic E-state index is 14.1. The Labute approximate surface area is 258 Å². The lowest BCUT2D eigenvalue weighted by Crippen LogP contribution is -2.54. The van der Waals surface area contributed by atoms with Gasteiger partial charge in [-0.2, -0.15) is 8.78 Å². The van der Waals surface area contributed by atoms with Gasteiger partial charge in [-0.05, 0) is 56.6 Å². The fraction of sp³-hybridized carbons (Fsp3) is 0.452. The van der Waals surface area contributed by atoms with Crippen molar-refractivity contribution in [1.82, 2.24) is 16.0 Å². The molecule has 2 atom stereocenters. The van der Waals surface area contributed by atoms with E-state index in [1.54, 1.807) is 45.9 Å². The molecule has 0 spiro atoms. The Hall–Kier alpha value is -4.49. The highest BCUT2D eigenvalue weighted by Gasteiger charge is 2.30. The molecule has 0 aliphatic carbocycles. The molecule has 0 unspecified atom stereocenters. The minimum atomic E-state index is -1.84. The van der Waals surface area contributed by atoms with Crippen LogP contribution in [-0.4, -0.2) is 54.6 Å². The van der Waals surface area contributed by atoms with Gasteiger partial charge in [-0.25, -0.2) is 8.78 Å². The summed E-state index contributed by atoms with van der Waals surface area (Å²) in [7, 11) is 0. The van der Waals surface area contributed by atoms with Crippen LogP contribution in [0.4, 0.5) is 23.2 Å². The Kier molecular flexibility index (Phi) is 14.0. The van der Waals surface area contributed by atoms with E-state index in [4.69, 9.17) is 4.74 Å². The summed E-state index contributed by atoms with van der Waals surface area (Å²) in [5.41, 5.74) is 1.88. The number of amides is 4. The molecule has 0 heterocycles. The highest BCUT2D eigenvalue weighted by molar-refractivity contribution is 6.40. The number of ketones is 1. The van der Waals surface area contributed by atoms with Gasteiger partial charge in [-0.3, -0.25) is 24.0 Å². The monoisotopic (exact) mass is 638 g/mol. The molecular formula is C31H38F4N4O6. The molecule has 0 fully saturated rings. The summed E-state index contributed by atoms with van der Waals surface area (Å²) in [4.78, 5) is 63.0. The number of Topliss-reactive ketones (excluding diaryl/α,β-unsaturated/α-hetero) is 1. The van der Waals surface area contributed by atoms with Crippen molar-refractivity contribution in [2.75, 3.05) is 18.5 Å². The van der Waals surface area contributed by atoms with Gasteiger partial charge in [-0.1, -0.05) is 32.0 Å². The fourth-order valence-corrected chi connectivity index (χ4v) is 4.35. The fourth-order valence-electron chi connectivity index (χ4n) is 4.35. The van der Waals surface area contributed by atoms with E-state index in [2.05, 4.69) is 21.3 Å². The van der Waals surface area contributed by atoms with Crippen LogP contribution in [0, 0.1) is 43.0 Å². The number of hydrogen-bond acceptors (Lipinski definition) is 6. The van der Waals surface area contributed by atoms with E-state index in [1.165, 1.54) is 6.92 Å². The van der Waals surface area contributed by atoms with E-state index in [0.717, 1.165) is 11.1 Å². The second-order valence-corrected chi connectivity index (χ2v) is 11.0. The molecule has 246 valence electrons. The van der Waals surface area contributed by atoms with Gasteiger partial charge in [-0.15, -0.1) is 0 Å². The number of para-hydroxylation sites is 1. The van der Waals surface area contributed by atoms with Gasteiger partial charge in [0.15, 0.2) is 23.2 Å². The van der Waals surface area contributed by atoms with Crippen molar-refractivity contribution in [3.8, 4) is 5.75 Å². The van der Waals surface area contributed by atoms with E-state index in [0.29, 0.717) is 12.1 Å². The number of unbranched alkanes of at least 4 members (excludes halogenated alkanes) is 1. The predicted octanol–water partition coefficient (Wildman–Crippen LogP) is 3.77. The van der Waals surface area contributed by atoms with Crippen LogP contribution < -0.4 is 26.0 Å². The molecule has 45 heavy (non-hydrogen) atoms. The molecule has 0 aromatic heterocycles. The van der Waals surface area contributed by atoms with Crippen LogP contribution in [-0.2, 0) is 24.0 Å². The van der Waals surface area contributed by atoms with Gasteiger partial charge in [0.1, 0.15) is 12.6 Å². The van der Waals surface area contributed by atoms with Gasteiger partial charge >= 0.3 is 11.8 Å². The SMILES string of the molecule is CC(=O)NCCCC[C@H](NC(=O)[C@H](CC(C)C)NC(=O)C(=O)Nc1c(C)cccc1C)C(=O)COc1c(F)c(F)cc(F)c1F. The average Bonchev–Trinajstić information content (AvgIpc) is 2.96. The first kappa shape index (κ1) is 36.7. The molecule has 0 bridgehead atoms. The normalized spacial score (nSPS) is 12.2. The van der Waals surface area contributed by atoms with Crippen LogP contribution in [0.15, 0.2) is 24.3 Å². The van der Waals surface area contributed by atoms with E-state index in [-0.39, 0.29) is 43.7 Å². The number of ether oxygens (including phenoxy) is 1. The first-order chi connectivity index (χ1) is 21.1. The average molecular weight is 639 g/mol. The van der Waals surface area contributed by atoms with Crippen molar-refractivity contribution >= 4 is 35.1 Å². The number of aryl methyl sites for hydroxylation is 2. The first-order valence-electron chi connectivity index (χ1n) is 14.3. The summed E-state index contributed by atoms with van der Waals surface area (Å²) in [5.74, 6) is -12.8. The van der Waals surface area contributed by atoms with Crippen molar-refractivity contribution in [3.05, 3.63) is 58.7 Å². The molecule has 14 heteroatoms. The number of rotatable bonds is 15. The second-order valence-electron chi connectivity index (χ2n) is 11.0. The van der Waals surface area contributed by atoms with Gasteiger partial charge < -0.3 is 26.0 Å². The van der Waals surface area contributed by atoms with Crippen LogP contribution in [0.5, 0.6) is 5.75 Å². The van der Waals surface area contributed by atoms with Crippen molar-refractivity contribution in [2.24, 2.45) is 5.92 Å². The first-order valence-corrected chi connectivity index (χ1v) is 14.3. The van der Waals surface area contributed by atoms with Gasteiger partial charge in [0.2, 0.25) is 23.4 Å². The zero-order chi connectivity index (χ0) is 33.8. The van der Waals surface area contributed by atoms with Gasteiger partial charge in [0.05, 0.1) is 6.04 Å². The van der Waals surface area contributed by atoms with Crippen molar-refractivity contribution in [3.63, 3.8) is 0 Å². The number of anilines is 1. The third-order valence-corrected chi connectivity index (χ3v) is 6.68. The summed E-state index contributed by atoms with van der Waals surface area (Å²) in [6.07, 6.45) is 0.731. The summed E-state index contributed by atoms with van der Waals surface area (Å²) in [6, 6.07) is 2.69. The van der Waals surface area contributed by atoms with Crippen LogP contribution in [0.2, 0.25) is 0 Å². The lowest BCUT2D eigenvalue weighted by Gasteiger charge is -2.24. The number of halogens is 4. The molecule has 2 aromatic rings. The summed E-state index contributed by atoms with van der Waals surface area (Å²) in [6.45, 7) is 7.56. The third kappa shape index (κ3) is 11.2. The number of carbonyl (C=O) groups is 5. The number of hydrogen-bond donors (Lipinski definition) is 4. The zero-order valence-electron chi connectivity index (χ0n) is 25.7. The summed E-state index contributed by atoms with van der Waals surface area (Å²) < 4.78 is 60.1. The second kappa shape index (κ2) is 17.1. The Morgan fingerprint density at radius 2 is 1.44 bits per heavy atom. The minimum absolute atomic E-state index is 0.0109. The minimum Gasteiger partial charge on any atom is -0.479 e. The smallest absolute Gasteiger partial charge is 0.313 e. The summed E-state index contributed by atoms with van der Waals surface area (Å²) >= 11 is 0. The standard InChI is InChI=1S/C31H38F4N4O6/c1-16(2)13-23(38-30(43)31(44)39-27-17(3)9-8-10-18(27)4)29(42)37-22(11-6-7-12-36-19(5)40)24(41)15-45-28-25(34)20(32)14-21(33)26(28)35/h8-10,14,16,22-23H,6-7,11-13,15H2,1-5H3,(H,36,40)(H,37,42)(H,38,43)(H,39,44)/t22-,23-/m0/s1. The van der Waals surface area contributed by atoms with E-state index in [9.17, 15) is 41.5 Å². The largest absolute Gasteiger partial charge is 0.479 e. The maximum absolute atomic E-state index is 14.1. The summed E-state index contributed by atoms with van der Waals surface area (Å²) in [5, 5.41) is 9.99. The van der Waals surface area contributed by atoms with Crippen LogP contribution >= 0.6 is 0 Å². The van der Waals surface area contributed by atoms with Gasteiger partial charge in [0, 0.05) is 25.2 Å². The predicted molar refractivity (Wildman–Crippen MR) is 157 cm³/mol. The van der Waals surface area contributed by atoms with Crippen LogP contribution in [0.25, 0.3) is 0 Å². The van der Waals surface area contributed by atoms with Crippen LogP contribution in [0.1, 0.15) is 57.6 Å². The Balaban J connectivity index is 2.20. The lowest BCUT2D eigenvalue weighted by molar-refractivity contribution is -0.138. The maximum Gasteiger partial charge on any atom is 0.313 e. The highest BCUT2D eigenvalue weighted by atomic mass is 19.2. The van der Waals surface area contributed by atoms with E-state index in [1.807, 2.05) is 0 Å². The molecule has 0 aliphatic heterocycles. The Morgan fingerprint density at radius 1 is 0.844 bits per heavy atom. The Bertz CT molecular complexity index is 1370. The molecule has 0 aliphatic rings. The van der Waals surface area contributed by atoms with E-state index < -0.39 is 71.2 Å². The molecule has 0 saturated carbocycles. The lowest BCUT2D eigenvalue weighted by atomic mass is 10.0. The topological polar surface area (TPSA) is 143 Å². The quantitative estimate of drug-likeness (QED) is 0.101. The zero-order valence-corrected chi connectivity index (χ0v) is 25.7. The molecule has 4 N–H and O–H groups in total. The third-order valence-electron chi connectivity index (χ3n) is 6.68. The van der Waals surface area contributed by atoms with E-state index >= 15 is 0 Å². The highest BCUT2D eigenvalue weighted by Crippen LogP contribution is 2.26. The van der Waals surface area contributed by atoms with Crippen molar-refractivity contribution in [2.45, 2.75) is 72.4 Å². The number of carbonyl (C=O) groups excluding carboxylic acids is 5. The van der Waals surface area contributed by atoms with Gasteiger partial charge in [0.25, 0.3) is 0 Å². The molecular weight excluding hydrogens is 600 g/mol. The number of benzene rings is 2. The molecule has 2 rings (SSSR count). The van der Waals surface area contributed by atoms with Crippen LogP contribution in [0.3, 0.4) is 0 Å². The Morgan fingerprint density at radius 3 is 2.00 bits per heavy atom. The molecule has 0 saturated heterocycles. The molecule has 4 amide bonds. The molecule has 0 radical (unpaired) electrons.